The van der Waals surface area contributed by atoms with Gasteiger partial charge in [0.05, 0.1) is 4.90 Å². The molecule has 0 aliphatic heterocycles. The van der Waals surface area contributed by atoms with Crippen LogP contribution in [0.4, 0.5) is 0 Å². The highest BCUT2D eigenvalue weighted by Gasteiger charge is 2.12. The Morgan fingerprint density at radius 3 is 2.44 bits per heavy atom. The summed E-state index contributed by atoms with van der Waals surface area (Å²) >= 11 is 0. The third kappa shape index (κ3) is 2.37. The van der Waals surface area contributed by atoms with Gasteiger partial charge in [-0.2, -0.15) is 0 Å². The normalized spacial score (nSPS) is 11.4. The minimum absolute atomic E-state index is 0.122. The zero-order valence-electron chi connectivity index (χ0n) is 9.79. The summed E-state index contributed by atoms with van der Waals surface area (Å²) in [5, 5.41) is 9.75. The summed E-state index contributed by atoms with van der Waals surface area (Å²) in [5.74, 6) is 0.122. The van der Waals surface area contributed by atoms with E-state index in [1.165, 1.54) is 19.2 Å². The van der Waals surface area contributed by atoms with Crippen molar-refractivity contribution < 1.29 is 13.5 Å². The second-order valence-electron chi connectivity index (χ2n) is 3.75. The van der Waals surface area contributed by atoms with Crippen molar-refractivity contribution in [3.63, 3.8) is 0 Å². The first kappa shape index (κ1) is 12.6. The second kappa shape index (κ2) is 4.80. The molecular formula is C13H13NO3S. The Kier molecular flexibility index (Phi) is 3.36. The summed E-state index contributed by atoms with van der Waals surface area (Å²) in [4.78, 5) is 0.172. The Morgan fingerprint density at radius 2 is 1.78 bits per heavy atom. The number of hydrogen-bond donors (Lipinski definition) is 2. The van der Waals surface area contributed by atoms with Crippen LogP contribution in [0.5, 0.6) is 5.75 Å². The molecule has 2 N–H and O–H groups in total. The van der Waals surface area contributed by atoms with Crippen LogP contribution in [0.2, 0.25) is 0 Å². The van der Waals surface area contributed by atoms with Crippen LogP contribution >= 0.6 is 0 Å². The molecule has 0 radical (unpaired) electrons. The number of nitrogens with one attached hydrogen (secondary N) is 1. The second-order valence-corrected chi connectivity index (χ2v) is 5.64. The third-order valence-electron chi connectivity index (χ3n) is 2.63. The van der Waals surface area contributed by atoms with Crippen molar-refractivity contribution in [2.75, 3.05) is 7.05 Å². The Labute approximate surface area is 106 Å². The van der Waals surface area contributed by atoms with Crippen LogP contribution in [0.3, 0.4) is 0 Å². The van der Waals surface area contributed by atoms with Crippen LogP contribution in [0.15, 0.2) is 53.4 Å². The van der Waals surface area contributed by atoms with Gasteiger partial charge in [-0.25, -0.2) is 13.1 Å². The molecule has 0 aliphatic rings. The first-order valence-electron chi connectivity index (χ1n) is 5.36. The van der Waals surface area contributed by atoms with Gasteiger partial charge in [-0.3, -0.25) is 0 Å². The van der Waals surface area contributed by atoms with E-state index in [9.17, 15) is 13.5 Å². The van der Waals surface area contributed by atoms with E-state index in [0.29, 0.717) is 11.1 Å². The number of para-hydroxylation sites is 1. The first-order valence-corrected chi connectivity index (χ1v) is 6.85. The molecule has 0 saturated carbocycles. The van der Waals surface area contributed by atoms with Gasteiger partial charge in [-0.05, 0) is 30.8 Å². The topological polar surface area (TPSA) is 66.4 Å². The van der Waals surface area contributed by atoms with Crippen molar-refractivity contribution in [2.45, 2.75) is 4.90 Å². The quantitative estimate of drug-likeness (QED) is 0.889. The van der Waals surface area contributed by atoms with Gasteiger partial charge in [-0.1, -0.05) is 30.3 Å². The van der Waals surface area contributed by atoms with Gasteiger partial charge in [0.15, 0.2) is 0 Å². The lowest BCUT2D eigenvalue weighted by molar-refractivity contribution is 0.477. The molecule has 0 fully saturated rings. The fourth-order valence-corrected chi connectivity index (χ4v) is 2.44. The fourth-order valence-electron chi connectivity index (χ4n) is 1.67. The molecule has 0 heterocycles. The summed E-state index contributed by atoms with van der Waals surface area (Å²) < 4.78 is 25.7. The van der Waals surface area contributed by atoms with E-state index in [0.717, 1.165) is 0 Å². The van der Waals surface area contributed by atoms with E-state index < -0.39 is 10.0 Å². The van der Waals surface area contributed by atoms with E-state index in [-0.39, 0.29) is 10.6 Å². The summed E-state index contributed by atoms with van der Waals surface area (Å²) in [6.07, 6.45) is 0. The smallest absolute Gasteiger partial charge is 0.240 e. The maximum atomic E-state index is 11.7. The molecule has 5 heteroatoms. The lowest BCUT2D eigenvalue weighted by Gasteiger charge is -2.07. The Balaban J connectivity index is 2.56. The van der Waals surface area contributed by atoms with Gasteiger partial charge >= 0.3 is 0 Å². The van der Waals surface area contributed by atoms with Gasteiger partial charge in [0, 0.05) is 5.56 Å². The lowest BCUT2D eigenvalue weighted by Crippen LogP contribution is -2.18. The minimum Gasteiger partial charge on any atom is -0.507 e. The summed E-state index contributed by atoms with van der Waals surface area (Å²) in [6.45, 7) is 0. The number of phenolic OH excluding ortho intramolecular Hbond substituents is 1. The van der Waals surface area contributed by atoms with E-state index in [2.05, 4.69) is 4.72 Å². The molecule has 0 spiro atoms. The average molecular weight is 263 g/mol. The molecule has 2 aromatic rings. The predicted octanol–water partition coefficient (Wildman–Crippen LogP) is 1.97. The van der Waals surface area contributed by atoms with Crippen LogP contribution in [0.25, 0.3) is 11.1 Å². The van der Waals surface area contributed by atoms with Crippen LogP contribution < -0.4 is 4.72 Å². The Bertz CT molecular complexity index is 665. The molecule has 18 heavy (non-hydrogen) atoms. The van der Waals surface area contributed by atoms with Crippen LogP contribution in [0.1, 0.15) is 0 Å². The zero-order valence-corrected chi connectivity index (χ0v) is 10.6. The number of rotatable bonds is 3. The molecule has 2 rings (SSSR count). The lowest BCUT2D eigenvalue weighted by atomic mass is 10.1. The van der Waals surface area contributed by atoms with Gasteiger partial charge in [0.1, 0.15) is 5.75 Å². The standard InChI is InChI=1S/C13H13NO3S/c1-14-18(16,17)11-6-4-5-10(9-11)12-7-2-3-8-13(12)15/h2-9,14-15H,1H3. The maximum Gasteiger partial charge on any atom is 0.240 e. The van der Waals surface area contributed by atoms with E-state index in [4.69, 9.17) is 0 Å². The van der Waals surface area contributed by atoms with Crippen molar-refractivity contribution in [2.24, 2.45) is 0 Å². The van der Waals surface area contributed by atoms with Crippen LogP contribution in [-0.4, -0.2) is 20.6 Å². The first-order chi connectivity index (χ1) is 8.54. The van der Waals surface area contributed by atoms with Gasteiger partial charge in [0.25, 0.3) is 0 Å². The summed E-state index contributed by atoms with van der Waals surface area (Å²) in [5.41, 5.74) is 1.26. The molecule has 0 unspecified atom stereocenters. The average Bonchev–Trinajstić information content (AvgIpc) is 2.39. The Morgan fingerprint density at radius 1 is 1.06 bits per heavy atom. The summed E-state index contributed by atoms with van der Waals surface area (Å²) in [7, 11) is -2.11. The molecule has 2 aromatic carbocycles. The molecule has 0 saturated heterocycles. The van der Waals surface area contributed by atoms with Gasteiger partial charge < -0.3 is 5.11 Å². The number of phenols is 1. The minimum atomic E-state index is -3.47. The highest BCUT2D eigenvalue weighted by atomic mass is 32.2. The third-order valence-corrected chi connectivity index (χ3v) is 4.04. The highest BCUT2D eigenvalue weighted by Crippen LogP contribution is 2.29. The number of benzene rings is 2. The van der Waals surface area contributed by atoms with E-state index in [1.54, 1.807) is 36.4 Å². The molecule has 4 nitrogen and oxygen atoms in total. The van der Waals surface area contributed by atoms with Gasteiger partial charge in [-0.15, -0.1) is 0 Å². The Hall–Kier alpha value is -1.85. The molecular weight excluding hydrogens is 250 g/mol. The molecule has 0 atom stereocenters. The number of aromatic hydroxyl groups is 1. The van der Waals surface area contributed by atoms with Crippen molar-refractivity contribution >= 4 is 10.0 Å². The highest BCUT2D eigenvalue weighted by molar-refractivity contribution is 7.89. The van der Waals surface area contributed by atoms with Gasteiger partial charge in [0.2, 0.25) is 10.0 Å². The van der Waals surface area contributed by atoms with Crippen LogP contribution in [0, 0.1) is 0 Å². The molecule has 94 valence electrons. The molecule has 0 amide bonds. The largest absolute Gasteiger partial charge is 0.507 e. The fraction of sp³-hybridized carbons (Fsp3) is 0.0769. The van der Waals surface area contributed by atoms with Crippen molar-refractivity contribution in [1.82, 2.24) is 4.72 Å². The SMILES string of the molecule is CNS(=O)(=O)c1cccc(-c2ccccc2O)c1. The van der Waals surface area contributed by atoms with Crippen molar-refractivity contribution in [3.05, 3.63) is 48.5 Å². The molecule has 0 bridgehead atoms. The van der Waals surface area contributed by atoms with Crippen molar-refractivity contribution in [3.8, 4) is 16.9 Å². The van der Waals surface area contributed by atoms with Crippen molar-refractivity contribution in [1.29, 1.82) is 0 Å². The summed E-state index contributed by atoms with van der Waals surface area (Å²) in [6, 6.07) is 13.2. The van der Waals surface area contributed by atoms with Crippen LogP contribution in [-0.2, 0) is 10.0 Å². The maximum absolute atomic E-state index is 11.7. The monoisotopic (exact) mass is 263 g/mol. The zero-order chi connectivity index (χ0) is 13.2. The van der Waals surface area contributed by atoms with E-state index >= 15 is 0 Å². The molecule has 0 aromatic heterocycles. The number of sulfonamides is 1. The number of hydrogen-bond acceptors (Lipinski definition) is 3. The molecule has 0 aliphatic carbocycles. The van der Waals surface area contributed by atoms with E-state index in [1.807, 2.05) is 0 Å². The predicted molar refractivity (Wildman–Crippen MR) is 69.8 cm³/mol.